The van der Waals surface area contributed by atoms with E-state index in [1.165, 1.54) is 38.1 Å². The number of aliphatic imine (C=N–C) groups is 1. The largest absolute Gasteiger partial charge is 0.391 e. The maximum atomic E-state index is 13.0. The summed E-state index contributed by atoms with van der Waals surface area (Å²) in [6.45, 7) is 2.90. The Hall–Kier alpha value is -3.35. The van der Waals surface area contributed by atoms with Crippen LogP contribution in [-0.2, 0) is 26.2 Å². The van der Waals surface area contributed by atoms with Crippen LogP contribution in [0.1, 0.15) is 19.4 Å². The number of hydrogen-bond donors (Lipinski definition) is 5. The second kappa shape index (κ2) is 11.9. The van der Waals surface area contributed by atoms with E-state index >= 15 is 0 Å². The fourth-order valence-electron chi connectivity index (χ4n) is 3.21. The lowest BCUT2D eigenvalue weighted by atomic mass is 10.1. The molecule has 0 saturated carbocycles. The molecule has 0 aliphatic rings. The monoisotopic (exact) mass is 524 g/mol. The molecule has 0 fully saturated rings. The molecule has 0 spiro atoms. The van der Waals surface area contributed by atoms with Crippen LogP contribution in [0.5, 0.6) is 0 Å². The van der Waals surface area contributed by atoms with Crippen LogP contribution in [0.25, 0.3) is 0 Å². The van der Waals surface area contributed by atoms with E-state index in [1.807, 2.05) is 0 Å². The minimum atomic E-state index is -3.99. The number of halogens is 1. The summed E-state index contributed by atoms with van der Waals surface area (Å²) < 4.78 is 25.9. The van der Waals surface area contributed by atoms with Crippen LogP contribution < -0.4 is 26.4 Å². The molecule has 0 aromatic heterocycles. The van der Waals surface area contributed by atoms with E-state index in [2.05, 4.69) is 15.6 Å². The Morgan fingerprint density at radius 3 is 2.11 bits per heavy atom. The first-order valence-corrected chi connectivity index (χ1v) is 12.7. The van der Waals surface area contributed by atoms with E-state index in [4.69, 9.17) is 23.1 Å². The SMILES string of the molecule is CC(NC(=O)C(C(C)O)N(c1ccc(Cl)cc1)S(C)(=O)=O)C(=O)NCc1ccc(N=C(N)N)cc1. The third-order valence-electron chi connectivity index (χ3n) is 4.83. The van der Waals surface area contributed by atoms with E-state index in [0.29, 0.717) is 10.7 Å². The van der Waals surface area contributed by atoms with Crippen LogP contribution in [-0.4, -0.2) is 55.7 Å². The highest BCUT2D eigenvalue weighted by Crippen LogP contribution is 2.24. The Balaban J connectivity index is 2.11. The van der Waals surface area contributed by atoms with E-state index in [-0.39, 0.29) is 18.2 Å². The number of aliphatic hydroxyl groups is 1. The van der Waals surface area contributed by atoms with Crippen LogP contribution in [0.2, 0.25) is 5.02 Å². The van der Waals surface area contributed by atoms with Crippen molar-refractivity contribution < 1.29 is 23.1 Å². The van der Waals surface area contributed by atoms with E-state index in [9.17, 15) is 23.1 Å². The lowest BCUT2D eigenvalue weighted by Gasteiger charge is -2.33. The minimum absolute atomic E-state index is 0.0726. The quantitative estimate of drug-likeness (QED) is 0.222. The Bertz CT molecular complexity index is 1170. The molecule has 7 N–H and O–H groups in total. The fourth-order valence-corrected chi connectivity index (χ4v) is 4.53. The van der Waals surface area contributed by atoms with E-state index in [0.717, 1.165) is 16.1 Å². The van der Waals surface area contributed by atoms with Gasteiger partial charge in [0.1, 0.15) is 12.1 Å². The summed E-state index contributed by atoms with van der Waals surface area (Å²) in [6, 6.07) is 10.0. The smallest absolute Gasteiger partial charge is 0.247 e. The van der Waals surface area contributed by atoms with Crippen molar-refractivity contribution in [2.24, 2.45) is 16.5 Å². The van der Waals surface area contributed by atoms with Crippen molar-refractivity contribution in [2.75, 3.05) is 10.6 Å². The Morgan fingerprint density at radius 1 is 1.06 bits per heavy atom. The summed E-state index contributed by atoms with van der Waals surface area (Å²) in [5, 5.41) is 15.8. The van der Waals surface area contributed by atoms with Gasteiger partial charge in [-0.3, -0.25) is 13.9 Å². The van der Waals surface area contributed by atoms with E-state index in [1.54, 1.807) is 24.3 Å². The van der Waals surface area contributed by atoms with Gasteiger partial charge in [0.25, 0.3) is 0 Å². The number of guanidine groups is 1. The van der Waals surface area contributed by atoms with Gasteiger partial charge >= 0.3 is 0 Å². The highest BCUT2D eigenvalue weighted by molar-refractivity contribution is 7.92. The molecular weight excluding hydrogens is 496 g/mol. The fraction of sp³-hybridized carbons (Fsp3) is 0.318. The van der Waals surface area contributed by atoms with E-state index < -0.39 is 40.0 Å². The summed E-state index contributed by atoms with van der Waals surface area (Å²) in [7, 11) is -3.99. The highest BCUT2D eigenvalue weighted by atomic mass is 35.5. The molecule has 0 aliphatic heterocycles. The zero-order chi connectivity index (χ0) is 26.3. The van der Waals surface area contributed by atoms with Gasteiger partial charge in [-0.05, 0) is 55.8 Å². The van der Waals surface area contributed by atoms with Crippen molar-refractivity contribution in [2.45, 2.75) is 38.6 Å². The minimum Gasteiger partial charge on any atom is -0.391 e. The van der Waals surface area contributed by atoms with Crippen molar-refractivity contribution in [3.05, 3.63) is 59.1 Å². The number of nitrogens with zero attached hydrogens (tertiary/aromatic N) is 2. The number of nitrogens with one attached hydrogen (secondary N) is 2. The Kier molecular flexibility index (Phi) is 9.46. The predicted molar refractivity (Wildman–Crippen MR) is 136 cm³/mol. The standard InChI is InChI=1S/C22H29ClN6O5S/c1-13(20(31)26-12-15-4-8-17(9-5-15)28-22(24)25)27-21(32)19(14(2)30)29(35(3,33)34)18-10-6-16(23)7-11-18/h4-11,13-14,19,30H,12H2,1-3H3,(H,26,31)(H,27,32)(H4,24,25,28). The van der Waals surface area contributed by atoms with Crippen molar-refractivity contribution in [3.63, 3.8) is 0 Å². The summed E-state index contributed by atoms with van der Waals surface area (Å²) in [5.41, 5.74) is 12.1. The predicted octanol–water partition coefficient (Wildman–Crippen LogP) is 0.581. The van der Waals surface area contributed by atoms with Crippen LogP contribution >= 0.6 is 11.6 Å². The maximum Gasteiger partial charge on any atom is 0.247 e. The number of hydrogen-bond acceptors (Lipinski definition) is 6. The lowest BCUT2D eigenvalue weighted by Crippen LogP contribution is -2.57. The number of benzene rings is 2. The molecule has 0 saturated heterocycles. The molecule has 2 amide bonds. The first kappa shape index (κ1) is 27.9. The average Bonchev–Trinajstić information content (AvgIpc) is 2.75. The van der Waals surface area contributed by atoms with Crippen molar-refractivity contribution >= 4 is 50.8 Å². The normalized spacial score (nSPS) is 13.7. The number of anilines is 1. The van der Waals surface area contributed by atoms with Crippen LogP contribution in [0.4, 0.5) is 11.4 Å². The molecule has 3 atom stereocenters. The third kappa shape index (κ3) is 8.12. The lowest BCUT2D eigenvalue weighted by molar-refractivity contribution is -0.130. The number of nitrogens with two attached hydrogens (primary N) is 2. The van der Waals surface area contributed by atoms with Gasteiger partial charge in [0.2, 0.25) is 21.8 Å². The zero-order valence-corrected chi connectivity index (χ0v) is 21.0. The topological polar surface area (TPSA) is 180 Å². The van der Waals surface area contributed by atoms with Gasteiger partial charge in [-0.15, -0.1) is 0 Å². The summed E-state index contributed by atoms with van der Waals surface area (Å²) in [5.74, 6) is -1.42. The summed E-state index contributed by atoms with van der Waals surface area (Å²) in [6.07, 6.45) is -0.474. The van der Waals surface area contributed by atoms with Gasteiger partial charge in [-0.1, -0.05) is 23.7 Å². The zero-order valence-electron chi connectivity index (χ0n) is 19.5. The second-order valence-corrected chi connectivity index (χ2v) is 10.2. The molecule has 35 heavy (non-hydrogen) atoms. The van der Waals surface area contributed by atoms with Gasteiger partial charge in [0.15, 0.2) is 5.96 Å². The first-order valence-electron chi connectivity index (χ1n) is 10.5. The second-order valence-electron chi connectivity index (χ2n) is 7.87. The molecule has 0 aliphatic carbocycles. The molecule has 0 bridgehead atoms. The summed E-state index contributed by atoms with van der Waals surface area (Å²) in [4.78, 5) is 29.5. The number of carbonyl (C=O) groups is 2. The van der Waals surface area contributed by atoms with Crippen LogP contribution in [0.3, 0.4) is 0 Å². The maximum absolute atomic E-state index is 13.0. The van der Waals surface area contributed by atoms with Crippen molar-refractivity contribution in [3.8, 4) is 0 Å². The van der Waals surface area contributed by atoms with Gasteiger partial charge in [-0.25, -0.2) is 13.4 Å². The first-order chi connectivity index (χ1) is 16.3. The van der Waals surface area contributed by atoms with Crippen molar-refractivity contribution in [1.82, 2.24) is 10.6 Å². The van der Waals surface area contributed by atoms with Gasteiger partial charge in [0, 0.05) is 11.6 Å². The highest BCUT2D eigenvalue weighted by Gasteiger charge is 2.37. The van der Waals surface area contributed by atoms with Gasteiger partial charge < -0.3 is 27.2 Å². The molecule has 0 heterocycles. The molecule has 2 aromatic carbocycles. The molecule has 2 rings (SSSR count). The molecule has 11 nitrogen and oxygen atoms in total. The molecular formula is C22H29ClN6O5S. The van der Waals surface area contributed by atoms with Crippen LogP contribution in [0, 0.1) is 0 Å². The number of aliphatic hydroxyl groups excluding tert-OH is 1. The number of carbonyl (C=O) groups excluding carboxylic acids is 2. The molecule has 3 unspecified atom stereocenters. The van der Waals surface area contributed by atoms with Crippen molar-refractivity contribution in [1.29, 1.82) is 0 Å². The molecule has 13 heteroatoms. The van der Waals surface area contributed by atoms with Gasteiger partial charge in [-0.2, -0.15) is 0 Å². The third-order valence-corrected chi connectivity index (χ3v) is 6.23. The molecule has 0 radical (unpaired) electrons. The Morgan fingerprint density at radius 2 is 1.63 bits per heavy atom. The molecule has 190 valence electrons. The number of amides is 2. The number of rotatable bonds is 10. The Labute approximate surface area is 209 Å². The van der Waals surface area contributed by atoms with Gasteiger partial charge in [0.05, 0.1) is 23.7 Å². The molecule has 2 aromatic rings. The number of sulfonamides is 1. The average molecular weight is 525 g/mol. The summed E-state index contributed by atoms with van der Waals surface area (Å²) >= 11 is 5.88. The van der Waals surface area contributed by atoms with Crippen LogP contribution in [0.15, 0.2) is 53.5 Å².